The molecule has 1 aromatic carbocycles. The molecule has 2 nitrogen and oxygen atoms in total. The van der Waals surface area contributed by atoms with Crippen LogP contribution in [0.25, 0.3) is 10.6 Å². The lowest BCUT2D eigenvalue weighted by Gasteiger charge is -2.05. The number of hydrogen-bond acceptors (Lipinski definition) is 3. The van der Waals surface area contributed by atoms with E-state index in [0.717, 1.165) is 34.6 Å². The summed E-state index contributed by atoms with van der Waals surface area (Å²) in [5.74, 6) is 0.617. The van der Waals surface area contributed by atoms with Crippen LogP contribution in [0.15, 0.2) is 24.3 Å². The van der Waals surface area contributed by atoms with Crippen LogP contribution < -0.4 is 5.32 Å². The predicted octanol–water partition coefficient (Wildman–Crippen LogP) is 4.91. The Morgan fingerprint density at radius 1 is 1.33 bits per heavy atom. The molecule has 21 heavy (non-hydrogen) atoms. The molecule has 0 unspecified atom stereocenters. The molecular formula is C17H21ClN2S. The Morgan fingerprint density at radius 2 is 2.10 bits per heavy atom. The van der Waals surface area contributed by atoms with Crippen molar-refractivity contribution < 1.29 is 0 Å². The van der Waals surface area contributed by atoms with E-state index in [2.05, 4.69) is 25.2 Å². The highest BCUT2D eigenvalue weighted by Gasteiger charge is 2.22. The summed E-state index contributed by atoms with van der Waals surface area (Å²) in [6, 6.07) is 8.69. The van der Waals surface area contributed by atoms with E-state index in [9.17, 15) is 0 Å². The molecule has 0 amide bonds. The van der Waals surface area contributed by atoms with Gasteiger partial charge in [-0.2, -0.15) is 0 Å². The van der Waals surface area contributed by atoms with Crippen LogP contribution in [0.5, 0.6) is 0 Å². The van der Waals surface area contributed by atoms with Crippen LogP contribution in [0.2, 0.25) is 5.02 Å². The normalized spacial score (nSPS) is 14.9. The average molecular weight is 321 g/mol. The average Bonchev–Trinajstić information content (AvgIpc) is 3.19. The first-order valence-electron chi connectivity index (χ1n) is 7.60. The molecule has 3 rings (SSSR count). The molecule has 4 heteroatoms. The maximum Gasteiger partial charge on any atom is 0.125 e. The van der Waals surface area contributed by atoms with Crippen molar-refractivity contribution in [3.8, 4) is 10.6 Å². The quantitative estimate of drug-likeness (QED) is 0.817. The first kappa shape index (κ1) is 15.0. The third-order valence-corrected chi connectivity index (χ3v) is 5.07. The van der Waals surface area contributed by atoms with E-state index in [1.807, 2.05) is 18.2 Å². The van der Waals surface area contributed by atoms with Crippen molar-refractivity contribution >= 4 is 22.9 Å². The van der Waals surface area contributed by atoms with E-state index in [0.29, 0.717) is 5.92 Å². The summed E-state index contributed by atoms with van der Waals surface area (Å²) >= 11 is 8.10. The molecule has 2 aromatic rings. The number of thiazole rings is 1. The molecule has 1 aliphatic carbocycles. The van der Waals surface area contributed by atoms with Gasteiger partial charge in [0.2, 0.25) is 0 Å². The fourth-order valence-electron chi connectivity index (χ4n) is 2.34. The molecule has 1 aliphatic rings. The number of nitrogens with zero attached hydrogens (tertiary/aromatic N) is 1. The minimum Gasteiger partial charge on any atom is -0.309 e. The fourth-order valence-corrected chi connectivity index (χ4v) is 3.70. The molecule has 0 atom stereocenters. The van der Waals surface area contributed by atoms with Gasteiger partial charge >= 0.3 is 0 Å². The highest BCUT2D eigenvalue weighted by molar-refractivity contribution is 7.15. The lowest BCUT2D eigenvalue weighted by atomic mass is 10.1. The smallest absolute Gasteiger partial charge is 0.125 e. The number of hydrogen-bond donors (Lipinski definition) is 1. The van der Waals surface area contributed by atoms with Gasteiger partial charge in [-0.3, -0.25) is 0 Å². The molecule has 1 heterocycles. The molecule has 0 saturated heterocycles. The Morgan fingerprint density at radius 3 is 2.76 bits per heavy atom. The first-order chi connectivity index (χ1) is 10.1. The largest absolute Gasteiger partial charge is 0.309 e. The molecule has 0 spiro atoms. The molecule has 0 radical (unpaired) electrons. The minimum absolute atomic E-state index is 0.617. The van der Waals surface area contributed by atoms with Gasteiger partial charge < -0.3 is 5.32 Å². The number of rotatable bonds is 6. The van der Waals surface area contributed by atoms with E-state index < -0.39 is 0 Å². The zero-order valence-electron chi connectivity index (χ0n) is 12.5. The van der Waals surface area contributed by atoms with Gasteiger partial charge in [0.15, 0.2) is 0 Å². The summed E-state index contributed by atoms with van der Waals surface area (Å²) in [6.45, 7) is 5.42. The molecular weight excluding hydrogens is 300 g/mol. The lowest BCUT2D eigenvalue weighted by Crippen LogP contribution is -2.15. The minimum atomic E-state index is 0.617. The van der Waals surface area contributed by atoms with Crippen molar-refractivity contribution in [1.29, 1.82) is 0 Å². The van der Waals surface area contributed by atoms with Crippen LogP contribution in [0.4, 0.5) is 0 Å². The second kappa shape index (κ2) is 6.47. The van der Waals surface area contributed by atoms with Crippen molar-refractivity contribution in [3.05, 3.63) is 39.9 Å². The highest BCUT2D eigenvalue weighted by atomic mass is 35.5. The Labute approximate surface area is 135 Å². The first-order valence-corrected chi connectivity index (χ1v) is 8.80. The Balaban J connectivity index is 1.88. The van der Waals surface area contributed by atoms with Gasteiger partial charge in [0.25, 0.3) is 0 Å². The molecule has 1 saturated carbocycles. The monoisotopic (exact) mass is 320 g/mol. The SMILES string of the molecule is CC(C)Cc1nc(-c2ccccc2Cl)sc1CNC1CC1. The summed E-state index contributed by atoms with van der Waals surface area (Å²) in [6.07, 6.45) is 3.66. The van der Waals surface area contributed by atoms with Crippen molar-refractivity contribution in [2.24, 2.45) is 5.92 Å². The van der Waals surface area contributed by atoms with Gasteiger partial charge in [-0.05, 0) is 31.2 Å². The molecule has 1 N–H and O–H groups in total. The van der Waals surface area contributed by atoms with E-state index in [1.165, 1.54) is 23.4 Å². The number of benzene rings is 1. The summed E-state index contributed by atoms with van der Waals surface area (Å²) in [5.41, 5.74) is 2.28. The van der Waals surface area contributed by atoms with Crippen LogP contribution >= 0.6 is 22.9 Å². The zero-order valence-corrected chi connectivity index (χ0v) is 14.1. The maximum atomic E-state index is 6.31. The number of nitrogens with one attached hydrogen (secondary N) is 1. The van der Waals surface area contributed by atoms with Gasteiger partial charge in [-0.25, -0.2) is 4.98 Å². The second-order valence-corrected chi connectivity index (χ2v) is 7.61. The third-order valence-electron chi connectivity index (χ3n) is 3.61. The Kier molecular flexibility index (Phi) is 4.63. The summed E-state index contributed by atoms with van der Waals surface area (Å²) in [5, 5.41) is 5.43. The topological polar surface area (TPSA) is 24.9 Å². The predicted molar refractivity (Wildman–Crippen MR) is 91.0 cm³/mol. The summed E-state index contributed by atoms with van der Waals surface area (Å²) in [4.78, 5) is 6.24. The molecule has 1 fully saturated rings. The standard InChI is InChI=1S/C17H21ClN2S/c1-11(2)9-15-16(10-19-12-7-8-12)21-17(20-15)13-5-3-4-6-14(13)18/h3-6,11-12,19H,7-10H2,1-2H3. The van der Waals surface area contributed by atoms with E-state index >= 15 is 0 Å². The van der Waals surface area contributed by atoms with Gasteiger partial charge in [-0.1, -0.05) is 43.6 Å². The van der Waals surface area contributed by atoms with Crippen molar-refractivity contribution in [1.82, 2.24) is 10.3 Å². The molecule has 112 valence electrons. The van der Waals surface area contributed by atoms with Crippen LogP contribution in [-0.2, 0) is 13.0 Å². The van der Waals surface area contributed by atoms with Crippen LogP contribution in [0.3, 0.4) is 0 Å². The van der Waals surface area contributed by atoms with E-state index in [4.69, 9.17) is 16.6 Å². The zero-order chi connectivity index (χ0) is 14.8. The Bertz CT molecular complexity index is 617. The maximum absolute atomic E-state index is 6.31. The number of halogens is 1. The van der Waals surface area contributed by atoms with Crippen LogP contribution in [0.1, 0.15) is 37.3 Å². The van der Waals surface area contributed by atoms with Crippen molar-refractivity contribution in [2.75, 3.05) is 0 Å². The van der Waals surface area contributed by atoms with Crippen molar-refractivity contribution in [2.45, 2.75) is 45.7 Å². The van der Waals surface area contributed by atoms with Gasteiger partial charge in [0.1, 0.15) is 5.01 Å². The third kappa shape index (κ3) is 3.85. The van der Waals surface area contributed by atoms with E-state index in [1.54, 1.807) is 11.3 Å². The lowest BCUT2D eigenvalue weighted by molar-refractivity contribution is 0.624. The summed E-state index contributed by atoms with van der Waals surface area (Å²) < 4.78 is 0. The summed E-state index contributed by atoms with van der Waals surface area (Å²) in [7, 11) is 0. The van der Waals surface area contributed by atoms with E-state index in [-0.39, 0.29) is 0 Å². The van der Waals surface area contributed by atoms with Crippen LogP contribution in [0, 0.1) is 5.92 Å². The van der Waals surface area contributed by atoms with Gasteiger partial charge in [0, 0.05) is 23.0 Å². The van der Waals surface area contributed by atoms with Crippen LogP contribution in [-0.4, -0.2) is 11.0 Å². The van der Waals surface area contributed by atoms with Gasteiger partial charge in [0.05, 0.1) is 10.7 Å². The second-order valence-electron chi connectivity index (χ2n) is 6.12. The van der Waals surface area contributed by atoms with Gasteiger partial charge in [-0.15, -0.1) is 11.3 Å². The molecule has 0 aliphatic heterocycles. The molecule has 0 bridgehead atoms. The molecule has 1 aromatic heterocycles. The highest BCUT2D eigenvalue weighted by Crippen LogP contribution is 2.34. The van der Waals surface area contributed by atoms with Crippen molar-refractivity contribution in [3.63, 3.8) is 0 Å². The Hall–Kier alpha value is -0.900. The fraction of sp³-hybridized carbons (Fsp3) is 0.471. The number of aromatic nitrogens is 1.